The number of rotatable bonds is 5. The second-order valence-corrected chi connectivity index (χ2v) is 5.18. The smallest absolute Gasteiger partial charge is 0.128 e. The van der Waals surface area contributed by atoms with Gasteiger partial charge in [-0.2, -0.15) is 0 Å². The average Bonchev–Trinajstić information content (AvgIpc) is 2.56. The first-order valence-corrected chi connectivity index (χ1v) is 7.68. The number of benzene rings is 1. The average molecular weight is 283 g/mol. The summed E-state index contributed by atoms with van der Waals surface area (Å²) in [6.45, 7) is 8.52. The Bertz CT molecular complexity index is 563. The number of methoxy groups -OCH3 is 1. The van der Waals surface area contributed by atoms with Gasteiger partial charge in [0.1, 0.15) is 5.75 Å². The minimum atomic E-state index is 0.941. The molecule has 112 valence electrons. The third-order valence-corrected chi connectivity index (χ3v) is 4.02. The first kappa shape index (κ1) is 15.4. The van der Waals surface area contributed by atoms with Crippen LogP contribution in [0.25, 0.3) is 5.57 Å². The highest BCUT2D eigenvalue weighted by Gasteiger charge is 2.11. The van der Waals surface area contributed by atoms with Gasteiger partial charge in [-0.05, 0) is 50.5 Å². The van der Waals surface area contributed by atoms with Gasteiger partial charge in [-0.3, -0.25) is 0 Å². The number of hydrogen-bond donors (Lipinski definition) is 0. The van der Waals surface area contributed by atoms with Gasteiger partial charge in [-0.15, -0.1) is 0 Å². The lowest BCUT2D eigenvalue weighted by Crippen LogP contribution is -2.21. The topological polar surface area (TPSA) is 12.5 Å². The lowest BCUT2D eigenvalue weighted by atomic mass is 9.97. The molecule has 0 heterocycles. The van der Waals surface area contributed by atoms with Crippen molar-refractivity contribution in [2.45, 2.75) is 27.2 Å². The summed E-state index contributed by atoms with van der Waals surface area (Å²) in [5.74, 6) is 0.941. The minimum absolute atomic E-state index is 0.941. The van der Waals surface area contributed by atoms with Gasteiger partial charge in [0, 0.05) is 30.4 Å². The summed E-state index contributed by atoms with van der Waals surface area (Å²) in [4.78, 5) is 2.33. The van der Waals surface area contributed by atoms with Crippen molar-refractivity contribution in [3.8, 4) is 5.75 Å². The van der Waals surface area contributed by atoms with E-state index in [9.17, 15) is 0 Å². The number of hydrogen-bond acceptors (Lipinski definition) is 2. The van der Waals surface area contributed by atoms with Crippen LogP contribution < -0.4 is 9.64 Å². The predicted molar refractivity (Wildman–Crippen MR) is 92.0 cm³/mol. The molecule has 0 spiro atoms. The standard InChI is InChI=1S/C19H25NO/c1-5-20(6-2)17-12-13-18(19(14-17)21-4)15(3)16-10-8-7-9-11-16/h8-14H,5-7H2,1-4H3. The van der Waals surface area contributed by atoms with Gasteiger partial charge >= 0.3 is 0 Å². The summed E-state index contributed by atoms with van der Waals surface area (Å²) in [6, 6.07) is 6.50. The number of allylic oxidation sites excluding steroid dienone is 6. The molecule has 1 aromatic rings. The van der Waals surface area contributed by atoms with Crippen LogP contribution in [-0.4, -0.2) is 20.2 Å². The van der Waals surface area contributed by atoms with Crippen LogP contribution in [0.4, 0.5) is 5.69 Å². The SMILES string of the molecule is CCN(CC)c1ccc(C(C)=C2C=CCC=C2)c(OC)c1. The fourth-order valence-corrected chi connectivity index (χ4v) is 2.70. The van der Waals surface area contributed by atoms with Crippen molar-refractivity contribution >= 4 is 11.3 Å². The molecule has 0 aromatic heterocycles. The first-order chi connectivity index (χ1) is 10.2. The van der Waals surface area contributed by atoms with Crippen LogP contribution in [0.2, 0.25) is 0 Å². The van der Waals surface area contributed by atoms with E-state index in [1.54, 1.807) is 7.11 Å². The van der Waals surface area contributed by atoms with Gasteiger partial charge in [0.05, 0.1) is 7.11 Å². The molecule has 0 N–H and O–H groups in total. The Balaban J connectivity index is 2.43. The Kier molecular flexibility index (Phi) is 5.26. The highest BCUT2D eigenvalue weighted by Crippen LogP contribution is 2.33. The van der Waals surface area contributed by atoms with Gasteiger partial charge in [-0.1, -0.05) is 24.3 Å². The highest BCUT2D eigenvalue weighted by molar-refractivity contribution is 5.77. The fourth-order valence-electron chi connectivity index (χ4n) is 2.70. The van der Waals surface area contributed by atoms with Gasteiger partial charge < -0.3 is 9.64 Å². The number of ether oxygens (including phenoxy) is 1. The molecule has 2 rings (SSSR count). The molecule has 0 bridgehead atoms. The molecular formula is C19H25NO. The molecule has 0 fully saturated rings. The summed E-state index contributed by atoms with van der Waals surface area (Å²) in [5, 5.41) is 0. The van der Waals surface area contributed by atoms with E-state index in [-0.39, 0.29) is 0 Å². The van der Waals surface area contributed by atoms with Crippen LogP contribution >= 0.6 is 0 Å². The van der Waals surface area contributed by atoms with E-state index in [0.717, 1.165) is 25.3 Å². The van der Waals surface area contributed by atoms with E-state index in [2.05, 4.69) is 68.2 Å². The normalized spacial score (nSPS) is 13.4. The Morgan fingerprint density at radius 1 is 1.14 bits per heavy atom. The minimum Gasteiger partial charge on any atom is -0.496 e. The van der Waals surface area contributed by atoms with Gasteiger partial charge in [0.15, 0.2) is 0 Å². The van der Waals surface area contributed by atoms with Crippen molar-refractivity contribution in [2.75, 3.05) is 25.1 Å². The molecule has 0 amide bonds. The van der Waals surface area contributed by atoms with Gasteiger partial charge in [0.2, 0.25) is 0 Å². The third-order valence-electron chi connectivity index (χ3n) is 4.02. The molecule has 0 radical (unpaired) electrons. The van der Waals surface area contributed by atoms with E-state index < -0.39 is 0 Å². The van der Waals surface area contributed by atoms with Crippen molar-refractivity contribution in [2.24, 2.45) is 0 Å². The largest absolute Gasteiger partial charge is 0.496 e. The summed E-state index contributed by atoms with van der Waals surface area (Å²) in [7, 11) is 1.75. The molecule has 1 aliphatic carbocycles. The monoisotopic (exact) mass is 283 g/mol. The van der Waals surface area contributed by atoms with E-state index in [1.807, 2.05) is 0 Å². The van der Waals surface area contributed by atoms with E-state index in [4.69, 9.17) is 4.74 Å². The molecule has 0 atom stereocenters. The van der Waals surface area contributed by atoms with E-state index >= 15 is 0 Å². The molecule has 21 heavy (non-hydrogen) atoms. The zero-order chi connectivity index (χ0) is 15.2. The van der Waals surface area contributed by atoms with Crippen molar-refractivity contribution in [1.29, 1.82) is 0 Å². The zero-order valence-corrected chi connectivity index (χ0v) is 13.5. The third kappa shape index (κ3) is 3.38. The molecule has 2 nitrogen and oxygen atoms in total. The molecule has 0 unspecified atom stereocenters. The van der Waals surface area contributed by atoms with Crippen molar-refractivity contribution in [3.63, 3.8) is 0 Å². The van der Waals surface area contributed by atoms with Gasteiger partial charge in [-0.25, -0.2) is 0 Å². The number of nitrogens with zero attached hydrogens (tertiary/aromatic N) is 1. The van der Waals surface area contributed by atoms with Crippen LogP contribution in [0.3, 0.4) is 0 Å². The van der Waals surface area contributed by atoms with Crippen LogP contribution in [-0.2, 0) is 0 Å². The predicted octanol–water partition coefficient (Wildman–Crippen LogP) is 4.83. The summed E-state index contributed by atoms with van der Waals surface area (Å²) < 4.78 is 5.63. The van der Waals surface area contributed by atoms with E-state index in [1.165, 1.54) is 22.4 Å². The second-order valence-electron chi connectivity index (χ2n) is 5.18. The van der Waals surface area contributed by atoms with Crippen molar-refractivity contribution in [1.82, 2.24) is 0 Å². The van der Waals surface area contributed by atoms with Gasteiger partial charge in [0.25, 0.3) is 0 Å². The highest BCUT2D eigenvalue weighted by atomic mass is 16.5. The van der Waals surface area contributed by atoms with Crippen LogP contribution in [0.5, 0.6) is 5.75 Å². The zero-order valence-electron chi connectivity index (χ0n) is 13.5. The molecule has 0 saturated carbocycles. The summed E-state index contributed by atoms with van der Waals surface area (Å²) >= 11 is 0. The lowest BCUT2D eigenvalue weighted by Gasteiger charge is -2.23. The summed E-state index contributed by atoms with van der Waals surface area (Å²) in [5.41, 5.74) is 4.90. The lowest BCUT2D eigenvalue weighted by molar-refractivity contribution is 0.413. The van der Waals surface area contributed by atoms with Crippen LogP contribution in [0, 0.1) is 0 Å². The second kappa shape index (κ2) is 7.16. The van der Waals surface area contributed by atoms with Crippen LogP contribution in [0.1, 0.15) is 32.8 Å². The molecule has 1 aliphatic rings. The maximum Gasteiger partial charge on any atom is 0.128 e. The molecular weight excluding hydrogens is 258 g/mol. The van der Waals surface area contributed by atoms with Crippen molar-refractivity contribution < 1.29 is 4.74 Å². The summed E-state index contributed by atoms with van der Waals surface area (Å²) in [6.07, 6.45) is 9.78. The molecule has 0 aliphatic heterocycles. The van der Waals surface area contributed by atoms with Crippen LogP contribution in [0.15, 0.2) is 48.1 Å². The Morgan fingerprint density at radius 3 is 2.38 bits per heavy atom. The maximum atomic E-state index is 5.63. The van der Waals surface area contributed by atoms with Crippen molar-refractivity contribution in [3.05, 3.63) is 53.6 Å². The number of anilines is 1. The fraction of sp³-hybridized carbons (Fsp3) is 0.368. The first-order valence-electron chi connectivity index (χ1n) is 7.68. The molecule has 0 saturated heterocycles. The molecule has 2 heteroatoms. The Morgan fingerprint density at radius 2 is 1.81 bits per heavy atom. The Hall–Kier alpha value is -1.96. The van der Waals surface area contributed by atoms with E-state index in [0.29, 0.717) is 0 Å². The maximum absolute atomic E-state index is 5.63. The quantitative estimate of drug-likeness (QED) is 0.767. The molecule has 1 aromatic carbocycles. The Labute approximate surface area is 128 Å².